The Kier molecular flexibility index (Phi) is 2.81. The number of ether oxygens (including phenoxy) is 1. The molecule has 0 aliphatic carbocycles. The van der Waals surface area contributed by atoms with Gasteiger partial charge in [-0.05, 0) is 18.6 Å². The smallest absolute Gasteiger partial charge is 0.330 e. The molecule has 1 aromatic carbocycles. The van der Waals surface area contributed by atoms with E-state index in [-0.39, 0.29) is 5.69 Å². The van der Waals surface area contributed by atoms with Crippen LogP contribution in [0.2, 0.25) is 0 Å². The summed E-state index contributed by atoms with van der Waals surface area (Å²) in [5.74, 6) is 0.693. The average molecular weight is 218 g/mol. The summed E-state index contributed by atoms with van der Waals surface area (Å²) in [6, 6.07) is 7.48. The van der Waals surface area contributed by atoms with Crippen LogP contribution in [0.1, 0.15) is 12.6 Å². The van der Waals surface area contributed by atoms with Crippen molar-refractivity contribution in [1.82, 2.24) is 9.55 Å². The topological polar surface area (TPSA) is 47.0 Å². The zero-order valence-corrected chi connectivity index (χ0v) is 9.36. The fraction of sp³-hybridized carbons (Fsp3) is 0.250. The van der Waals surface area contributed by atoms with Crippen LogP contribution in [0.15, 0.2) is 35.3 Å². The monoisotopic (exact) mass is 218 g/mol. The predicted octanol–water partition coefficient (Wildman–Crippen LogP) is 1.74. The molecule has 0 saturated heterocycles. The van der Waals surface area contributed by atoms with E-state index in [0.717, 1.165) is 17.8 Å². The molecule has 2 aromatic rings. The second kappa shape index (κ2) is 4.26. The van der Waals surface area contributed by atoms with Crippen LogP contribution in [0.25, 0.3) is 5.69 Å². The molecule has 0 aliphatic heterocycles. The van der Waals surface area contributed by atoms with Crippen molar-refractivity contribution in [3.63, 3.8) is 0 Å². The average Bonchev–Trinajstić information content (AvgIpc) is 2.70. The zero-order chi connectivity index (χ0) is 11.5. The summed E-state index contributed by atoms with van der Waals surface area (Å²) in [6.45, 7) is 2.01. The van der Waals surface area contributed by atoms with Crippen LogP contribution in [0.5, 0.6) is 5.75 Å². The number of benzene rings is 1. The van der Waals surface area contributed by atoms with Gasteiger partial charge in [0, 0.05) is 11.9 Å². The van der Waals surface area contributed by atoms with E-state index < -0.39 is 0 Å². The highest BCUT2D eigenvalue weighted by Gasteiger charge is 2.10. The summed E-state index contributed by atoms with van der Waals surface area (Å²) in [5, 5.41) is 0. The minimum absolute atomic E-state index is 0.138. The Bertz CT molecular complexity index is 540. The molecule has 1 heterocycles. The number of para-hydroxylation sites is 2. The number of rotatable bonds is 3. The molecule has 16 heavy (non-hydrogen) atoms. The minimum Gasteiger partial charge on any atom is -0.495 e. The lowest BCUT2D eigenvalue weighted by Crippen LogP contribution is -2.17. The lowest BCUT2D eigenvalue weighted by Gasteiger charge is -2.10. The molecule has 0 aliphatic rings. The van der Waals surface area contributed by atoms with Gasteiger partial charge in [0.2, 0.25) is 0 Å². The number of H-pyrrole nitrogens is 1. The highest BCUT2D eigenvalue weighted by molar-refractivity contribution is 5.47. The van der Waals surface area contributed by atoms with Gasteiger partial charge in [0.25, 0.3) is 0 Å². The van der Waals surface area contributed by atoms with Crippen molar-refractivity contribution in [3.8, 4) is 11.4 Å². The second-order valence-electron chi connectivity index (χ2n) is 3.45. The van der Waals surface area contributed by atoms with Crippen LogP contribution in [-0.4, -0.2) is 16.7 Å². The highest BCUT2D eigenvalue weighted by Crippen LogP contribution is 2.21. The standard InChI is InChI=1S/C12H14N2O2/c1-3-9-8-13-12(15)14(9)10-6-4-5-7-11(10)16-2/h4-8H,3H2,1-2H3,(H,13,15). The first-order chi connectivity index (χ1) is 7.77. The summed E-state index contributed by atoms with van der Waals surface area (Å²) in [4.78, 5) is 14.4. The molecule has 84 valence electrons. The maximum Gasteiger partial charge on any atom is 0.330 e. The molecule has 0 atom stereocenters. The van der Waals surface area contributed by atoms with Gasteiger partial charge in [-0.25, -0.2) is 4.79 Å². The van der Waals surface area contributed by atoms with E-state index in [2.05, 4.69) is 4.98 Å². The van der Waals surface area contributed by atoms with Crippen molar-refractivity contribution >= 4 is 0 Å². The Balaban J connectivity index is 2.66. The number of methoxy groups -OCH3 is 1. The summed E-state index contributed by atoms with van der Waals surface area (Å²) < 4.78 is 6.89. The van der Waals surface area contributed by atoms with E-state index in [0.29, 0.717) is 5.75 Å². The molecule has 4 nitrogen and oxygen atoms in total. The van der Waals surface area contributed by atoms with Crippen molar-refractivity contribution in [2.45, 2.75) is 13.3 Å². The fourth-order valence-corrected chi connectivity index (χ4v) is 1.74. The third-order valence-electron chi connectivity index (χ3n) is 2.54. The Morgan fingerprint density at radius 1 is 1.38 bits per heavy atom. The number of nitrogens with zero attached hydrogens (tertiary/aromatic N) is 1. The molecule has 1 aromatic heterocycles. The van der Waals surface area contributed by atoms with Crippen LogP contribution in [-0.2, 0) is 6.42 Å². The van der Waals surface area contributed by atoms with E-state index in [1.165, 1.54) is 0 Å². The molecule has 0 saturated carbocycles. The Morgan fingerprint density at radius 2 is 2.12 bits per heavy atom. The van der Waals surface area contributed by atoms with Gasteiger partial charge in [-0.15, -0.1) is 0 Å². The van der Waals surface area contributed by atoms with Gasteiger partial charge in [0.1, 0.15) is 5.75 Å². The summed E-state index contributed by atoms with van der Waals surface area (Å²) >= 11 is 0. The van der Waals surface area contributed by atoms with Gasteiger partial charge < -0.3 is 9.72 Å². The van der Waals surface area contributed by atoms with Gasteiger partial charge in [-0.1, -0.05) is 19.1 Å². The summed E-state index contributed by atoms with van der Waals surface area (Å²) in [6.07, 6.45) is 2.52. The summed E-state index contributed by atoms with van der Waals surface area (Å²) in [7, 11) is 1.60. The molecule has 1 N–H and O–H groups in total. The largest absolute Gasteiger partial charge is 0.495 e. The lowest BCUT2D eigenvalue weighted by atomic mass is 10.2. The fourth-order valence-electron chi connectivity index (χ4n) is 1.74. The van der Waals surface area contributed by atoms with Crippen molar-refractivity contribution < 1.29 is 4.74 Å². The van der Waals surface area contributed by atoms with Crippen LogP contribution in [0.4, 0.5) is 0 Å². The number of hydrogen-bond acceptors (Lipinski definition) is 2. The molecule has 0 bridgehead atoms. The zero-order valence-electron chi connectivity index (χ0n) is 9.36. The van der Waals surface area contributed by atoms with Crippen LogP contribution >= 0.6 is 0 Å². The molecule has 0 unspecified atom stereocenters. The molecule has 4 heteroatoms. The van der Waals surface area contributed by atoms with E-state index in [9.17, 15) is 4.79 Å². The van der Waals surface area contributed by atoms with E-state index in [1.807, 2.05) is 31.2 Å². The highest BCUT2D eigenvalue weighted by atomic mass is 16.5. The van der Waals surface area contributed by atoms with Crippen molar-refractivity contribution in [1.29, 1.82) is 0 Å². The predicted molar refractivity (Wildman–Crippen MR) is 62.3 cm³/mol. The number of imidazole rings is 1. The first-order valence-corrected chi connectivity index (χ1v) is 5.20. The lowest BCUT2D eigenvalue weighted by molar-refractivity contribution is 0.412. The Morgan fingerprint density at radius 3 is 2.81 bits per heavy atom. The van der Waals surface area contributed by atoms with E-state index >= 15 is 0 Å². The molecule has 0 spiro atoms. The van der Waals surface area contributed by atoms with Crippen LogP contribution in [0.3, 0.4) is 0 Å². The number of aromatic nitrogens is 2. The normalized spacial score (nSPS) is 10.4. The second-order valence-corrected chi connectivity index (χ2v) is 3.45. The number of nitrogens with one attached hydrogen (secondary N) is 1. The molecule has 2 rings (SSSR count). The van der Waals surface area contributed by atoms with Crippen LogP contribution < -0.4 is 10.4 Å². The van der Waals surface area contributed by atoms with Gasteiger partial charge in [0.05, 0.1) is 12.8 Å². The molecular weight excluding hydrogens is 204 g/mol. The Hall–Kier alpha value is -1.97. The van der Waals surface area contributed by atoms with Gasteiger partial charge in [-0.3, -0.25) is 4.57 Å². The molecule has 0 fully saturated rings. The molecular formula is C12H14N2O2. The van der Waals surface area contributed by atoms with E-state index in [4.69, 9.17) is 4.74 Å². The maximum absolute atomic E-state index is 11.7. The van der Waals surface area contributed by atoms with E-state index in [1.54, 1.807) is 17.9 Å². The summed E-state index contributed by atoms with van der Waals surface area (Å²) in [5.41, 5.74) is 1.57. The maximum atomic E-state index is 11.7. The number of hydrogen-bond donors (Lipinski definition) is 1. The quantitative estimate of drug-likeness (QED) is 0.853. The third-order valence-corrected chi connectivity index (χ3v) is 2.54. The van der Waals surface area contributed by atoms with Crippen molar-refractivity contribution in [2.24, 2.45) is 0 Å². The first-order valence-electron chi connectivity index (χ1n) is 5.20. The van der Waals surface area contributed by atoms with Gasteiger partial charge in [0.15, 0.2) is 0 Å². The van der Waals surface area contributed by atoms with Gasteiger partial charge in [-0.2, -0.15) is 0 Å². The first kappa shape index (κ1) is 10.5. The Labute approximate surface area is 93.5 Å². The third kappa shape index (κ3) is 1.62. The number of aryl methyl sites for hydroxylation is 1. The molecule has 0 amide bonds. The SMILES string of the molecule is CCc1c[nH]c(=O)n1-c1ccccc1OC. The van der Waals surface area contributed by atoms with Gasteiger partial charge >= 0.3 is 5.69 Å². The molecule has 0 radical (unpaired) electrons. The van der Waals surface area contributed by atoms with Crippen molar-refractivity contribution in [2.75, 3.05) is 7.11 Å². The van der Waals surface area contributed by atoms with Crippen LogP contribution in [0, 0.1) is 0 Å². The minimum atomic E-state index is -0.138. The van der Waals surface area contributed by atoms with Crippen molar-refractivity contribution in [3.05, 3.63) is 46.6 Å². The number of aromatic amines is 1.